The SMILES string of the molecule is CCC(CC)CN(CC)CC(C)CBr. The molecule has 0 fully saturated rings. The molecule has 0 aliphatic carbocycles. The van der Waals surface area contributed by atoms with Crippen molar-refractivity contribution in [3.63, 3.8) is 0 Å². The Labute approximate surface area is 98.4 Å². The van der Waals surface area contributed by atoms with Crippen molar-refractivity contribution in [3.05, 3.63) is 0 Å². The van der Waals surface area contributed by atoms with E-state index in [-0.39, 0.29) is 0 Å². The van der Waals surface area contributed by atoms with Crippen molar-refractivity contribution >= 4 is 15.9 Å². The van der Waals surface area contributed by atoms with Crippen molar-refractivity contribution in [1.29, 1.82) is 0 Å². The molecule has 0 aromatic carbocycles. The monoisotopic (exact) mass is 263 g/mol. The summed E-state index contributed by atoms with van der Waals surface area (Å²) in [6.07, 6.45) is 2.63. The molecule has 1 atom stereocenters. The van der Waals surface area contributed by atoms with Crippen LogP contribution in [-0.4, -0.2) is 29.9 Å². The summed E-state index contributed by atoms with van der Waals surface area (Å²) in [5, 5.41) is 1.12. The molecule has 0 aliphatic heterocycles. The molecule has 0 bridgehead atoms. The molecule has 86 valence electrons. The van der Waals surface area contributed by atoms with Gasteiger partial charge in [0.15, 0.2) is 0 Å². The van der Waals surface area contributed by atoms with Crippen LogP contribution in [0.2, 0.25) is 0 Å². The molecular weight excluding hydrogens is 238 g/mol. The van der Waals surface area contributed by atoms with Crippen LogP contribution in [0.3, 0.4) is 0 Å². The number of rotatable bonds is 8. The van der Waals surface area contributed by atoms with E-state index in [1.807, 2.05) is 0 Å². The maximum absolute atomic E-state index is 3.55. The first-order valence-corrected chi connectivity index (χ1v) is 7.08. The van der Waals surface area contributed by atoms with Crippen LogP contribution in [0.4, 0.5) is 0 Å². The van der Waals surface area contributed by atoms with Gasteiger partial charge in [0.05, 0.1) is 0 Å². The van der Waals surface area contributed by atoms with Crippen LogP contribution in [0.5, 0.6) is 0 Å². The molecule has 0 saturated heterocycles. The topological polar surface area (TPSA) is 3.24 Å². The fourth-order valence-electron chi connectivity index (χ4n) is 1.73. The molecular formula is C12H26BrN. The lowest BCUT2D eigenvalue weighted by atomic mass is 10.0. The van der Waals surface area contributed by atoms with Crippen LogP contribution < -0.4 is 0 Å². The first kappa shape index (κ1) is 14.4. The second kappa shape index (κ2) is 8.72. The number of hydrogen-bond acceptors (Lipinski definition) is 1. The van der Waals surface area contributed by atoms with E-state index in [0.29, 0.717) is 0 Å². The third-order valence-corrected chi connectivity index (χ3v) is 4.06. The van der Waals surface area contributed by atoms with Crippen LogP contribution in [0.15, 0.2) is 0 Å². The summed E-state index contributed by atoms with van der Waals surface area (Å²) in [5.74, 6) is 1.65. The second-order valence-corrected chi connectivity index (χ2v) is 4.94. The van der Waals surface area contributed by atoms with Gasteiger partial charge in [-0.3, -0.25) is 0 Å². The molecule has 0 amide bonds. The Bertz CT molecular complexity index is 123. The summed E-state index contributed by atoms with van der Waals surface area (Å²) in [6, 6.07) is 0. The zero-order valence-corrected chi connectivity index (χ0v) is 11.8. The molecule has 0 aliphatic rings. The van der Waals surface area contributed by atoms with Crippen molar-refractivity contribution in [2.75, 3.05) is 25.0 Å². The summed E-state index contributed by atoms with van der Waals surface area (Å²) in [5.41, 5.74) is 0. The third-order valence-electron chi connectivity index (χ3n) is 2.95. The minimum absolute atomic E-state index is 0.768. The molecule has 0 rings (SSSR count). The lowest BCUT2D eigenvalue weighted by Crippen LogP contribution is -2.33. The molecule has 0 N–H and O–H groups in total. The highest BCUT2D eigenvalue weighted by Gasteiger charge is 2.12. The lowest BCUT2D eigenvalue weighted by Gasteiger charge is -2.27. The molecule has 0 heterocycles. The van der Waals surface area contributed by atoms with Gasteiger partial charge >= 0.3 is 0 Å². The van der Waals surface area contributed by atoms with Crippen molar-refractivity contribution < 1.29 is 0 Å². The van der Waals surface area contributed by atoms with E-state index in [1.54, 1.807) is 0 Å². The largest absolute Gasteiger partial charge is 0.303 e. The number of nitrogens with zero attached hydrogens (tertiary/aromatic N) is 1. The van der Waals surface area contributed by atoms with E-state index in [1.165, 1.54) is 32.5 Å². The lowest BCUT2D eigenvalue weighted by molar-refractivity contribution is 0.213. The fraction of sp³-hybridized carbons (Fsp3) is 1.00. The van der Waals surface area contributed by atoms with Gasteiger partial charge in [-0.25, -0.2) is 0 Å². The van der Waals surface area contributed by atoms with Crippen LogP contribution >= 0.6 is 15.9 Å². The highest BCUT2D eigenvalue weighted by molar-refractivity contribution is 9.09. The molecule has 1 unspecified atom stereocenters. The van der Waals surface area contributed by atoms with Gasteiger partial charge in [0.2, 0.25) is 0 Å². The van der Waals surface area contributed by atoms with E-state index in [2.05, 4.69) is 48.5 Å². The quantitative estimate of drug-likeness (QED) is 0.603. The minimum Gasteiger partial charge on any atom is -0.303 e. The van der Waals surface area contributed by atoms with Crippen molar-refractivity contribution in [2.24, 2.45) is 11.8 Å². The Morgan fingerprint density at radius 1 is 1.07 bits per heavy atom. The van der Waals surface area contributed by atoms with Gasteiger partial charge in [-0.1, -0.05) is 56.5 Å². The fourth-order valence-corrected chi connectivity index (χ4v) is 1.94. The Morgan fingerprint density at radius 3 is 2.00 bits per heavy atom. The van der Waals surface area contributed by atoms with Gasteiger partial charge in [0, 0.05) is 18.4 Å². The predicted molar refractivity (Wildman–Crippen MR) is 69.1 cm³/mol. The van der Waals surface area contributed by atoms with Crippen LogP contribution in [0.25, 0.3) is 0 Å². The van der Waals surface area contributed by atoms with Gasteiger partial charge in [-0.2, -0.15) is 0 Å². The Hall–Kier alpha value is 0.440. The average molecular weight is 264 g/mol. The summed E-state index contributed by atoms with van der Waals surface area (Å²) in [4.78, 5) is 2.59. The molecule has 0 aromatic rings. The van der Waals surface area contributed by atoms with Crippen molar-refractivity contribution in [3.8, 4) is 0 Å². The van der Waals surface area contributed by atoms with E-state index >= 15 is 0 Å². The molecule has 0 radical (unpaired) electrons. The molecule has 14 heavy (non-hydrogen) atoms. The van der Waals surface area contributed by atoms with Crippen molar-refractivity contribution in [1.82, 2.24) is 4.90 Å². The Morgan fingerprint density at radius 2 is 1.64 bits per heavy atom. The normalized spacial score (nSPS) is 13.9. The summed E-state index contributed by atoms with van der Waals surface area (Å²) < 4.78 is 0. The number of hydrogen-bond donors (Lipinski definition) is 0. The van der Waals surface area contributed by atoms with Crippen LogP contribution in [0, 0.1) is 11.8 Å². The first-order chi connectivity index (χ1) is 6.67. The molecule has 1 nitrogen and oxygen atoms in total. The highest BCUT2D eigenvalue weighted by Crippen LogP contribution is 2.12. The number of halogens is 1. The maximum atomic E-state index is 3.55. The highest BCUT2D eigenvalue weighted by atomic mass is 79.9. The molecule has 0 saturated carbocycles. The van der Waals surface area contributed by atoms with Crippen LogP contribution in [-0.2, 0) is 0 Å². The molecule has 2 heteroatoms. The Kier molecular flexibility index (Phi) is 9.00. The average Bonchev–Trinajstić information content (AvgIpc) is 2.23. The summed E-state index contributed by atoms with van der Waals surface area (Å²) >= 11 is 3.55. The Balaban J connectivity index is 3.88. The first-order valence-electron chi connectivity index (χ1n) is 5.96. The van der Waals surface area contributed by atoms with Gasteiger partial charge in [0.1, 0.15) is 0 Å². The molecule has 0 spiro atoms. The van der Waals surface area contributed by atoms with Gasteiger partial charge in [-0.05, 0) is 18.4 Å². The van der Waals surface area contributed by atoms with E-state index in [4.69, 9.17) is 0 Å². The zero-order chi connectivity index (χ0) is 11.0. The second-order valence-electron chi connectivity index (χ2n) is 4.29. The van der Waals surface area contributed by atoms with Crippen LogP contribution in [0.1, 0.15) is 40.5 Å². The maximum Gasteiger partial charge on any atom is 0.00692 e. The van der Waals surface area contributed by atoms with E-state index < -0.39 is 0 Å². The standard InChI is InChI=1S/C12H26BrN/c1-5-12(6-2)10-14(7-3)9-11(4)8-13/h11-12H,5-10H2,1-4H3. The summed E-state index contributed by atoms with van der Waals surface area (Å²) in [7, 11) is 0. The smallest absolute Gasteiger partial charge is 0.00692 e. The predicted octanol–water partition coefficient (Wildman–Crippen LogP) is 3.78. The third kappa shape index (κ3) is 6.02. The number of alkyl halides is 1. The van der Waals surface area contributed by atoms with Crippen molar-refractivity contribution in [2.45, 2.75) is 40.5 Å². The zero-order valence-electron chi connectivity index (χ0n) is 10.2. The minimum atomic E-state index is 0.768. The van der Waals surface area contributed by atoms with Gasteiger partial charge < -0.3 is 4.90 Å². The summed E-state index contributed by atoms with van der Waals surface area (Å²) in [6.45, 7) is 12.9. The van der Waals surface area contributed by atoms with Gasteiger partial charge in [0.25, 0.3) is 0 Å². The molecule has 0 aromatic heterocycles. The van der Waals surface area contributed by atoms with Gasteiger partial charge in [-0.15, -0.1) is 0 Å². The van der Waals surface area contributed by atoms with E-state index in [0.717, 1.165) is 17.2 Å². The van der Waals surface area contributed by atoms with E-state index in [9.17, 15) is 0 Å².